The quantitative estimate of drug-likeness (QED) is 0.294. The van der Waals surface area contributed by atoms with E-state index in [0.29, 0.717) is 0 Å². The number of nitro groups is 1. The molecular formula is C19H17N3O8. The first-order chi connectivity index (χ1) is 14.3. The van der Waals surface area contributed by atoms with Gasteiger partial charge >= 0.3 is 12.3 Å². The molecule has 0 amide bonds. The van der Waals surface area contributed by atoms with E-state index in [-0.39, 0.29) is 52.7 Å². The van der Waals surface area contributed by atoms with E-state index < -0.39 is 17.2 Å². The second-order valence-electron chi connectivity index (χ2n) is 5.79. The Morgan fingerprint density at radius 2 is 1.80 bits per heavy atom. The molecule has 0 fully saturated rings. The fourth-order valence-electron chi connectivity index (χ4n) is 2.52. The first-order valence-electron chi connectivity index (χ1n) is 8.51. The van der Waals surface area contributed by atoms with Crippen molar-refractivity contribution in [1.82, 2.24) is 4.98 Å². The van der Waals surface area contributed by atoms with Gasteiger partial charge in [0.1, 0.15) is 6.61 Å². The van der Waals surface area contributed by atoms with Gasteiger partial charge in [-0.1, -0.05) is 12.1 Å². The molecule has 11 heteroatoms. The zero-order chi connectivity index (χ0) is 22.3. The topological polar surface area (TPSA) is 151 Å². The van der Waals surface area contributed by atoms with Gasteiger partial charge in [-0.25, -0.2) is 9.59 Å². The molecule has 0 unspecified atom stereocenters. The summed E-state index contributed by atoms with van der Waals surface area (Å²) in [6.45, 7) is 2.89. The van der Waals surface area contributed by atoms with Crippen LogP contribution in [0.1, 0.15) is 17.8 Å². The number of aryl methyl sites for hydroxylation is 2. The lowest BCUT2D eigenvalue weighted by Gasteiger charge is -2.17. The van der Waals surface area contributed by atoms with Gasteiger partial charge in [-0.15, -0.1) is 0 Å². The molecule has 11 nitrogen and oxygen atoms in total. The number of nitriles is 1. The average Bonchev–Trinajstić information content (AvgIpc) is 2.71. The second kappa shape index (κ2) is 9.83. The van der Waals surface area contributed by atoms with E-state index in [9.17, 15) is 19.7 Å². The van der Waals surface area contributed by atoms with Crippen LogP contribution >= 0.6 is 0 Å². The van der Waals surface area contributed by atoms with Gasteiger partial charge in [0.25, 0.3) is 5.69 Å². The van der Waals surface area contributed by atoms with Crippen molar-refractivity contribution in [3.63, 3.8) is 0 Å². The number of hydrogen-bond donors (Lipinski definition) is 0. The van der Waals surface area contributed by atoms with Crippen molar-refractivity contribution in [3.8, 4) is 28.7 Å². The van der Waals surface area contributed by atoms with Crippen molar-refractivity contribution >= 4 is 18.0 Å². The summed E-state index contributed by atoms with van der Waals surface area (Å²) in [7, 11) is 1.11. The van der Waals surface area contributed by atoms with Gasteiger partial charge in [0, 0.05) is 12.1 Å². The van der Waals surface area contributed by atoms with Gasteiger partial charge in [-0.2, -0.15) is 5.26 Å². The van der Waals surface area contributed by atoms with Crippen LogP contribution in [-0.2, 0) is 9.47 Å². The van der Waals surface area contributed by atoms with Crippen molar-refractivity contribution in [1.29, 1.82) is 5.26 Å². The molecule has 0 saturated heterocycles. The maximum atomic E-state index is 12.1. The minimum absolute atomic E-state index is 0.0331. The summed E-state index contributed by atoms with van der Waals surface area (Å²) in [5.41, 5.74) is 0.571. The Balaban J connectivity index is 2.65. The molecule has 2 rings (SSSR count). The molecule has 0 spiro atoms. The third-order valence-electron chi connectivity index (χ3n) is 3.76. The first kappa shape index (κ1) is 22.1. The van der Waals surface area contributed by atoms with Crippen LogP contribution in [-0.4, -0.2) is 35.9 Å². The van der Waals surface area contributed by atoms with Crippen molar-refractivity contribution in [3.05, 3.63) is 45.8 Å². The fourth-order valence-corrected chi connectivity index (χ4v) is 2.52. The number of rotatable bonds is 6. The molecule has 0 aliphatic heterocycles. The lowest BCUT2D eigenvalue weighted by molar-refractivity contribution is -0.384. The van der Waals surface area contributed by atoms with E-state index in [0.717, 1.165) is 7.11 Å². The van der Waals surface area contributed by atoms with E-state index in [4.69, 9.17) is 19.5 Å². The second-order valence-corrected chi connectivity index (χ2v) is 5.79. The highest BCUT2D eigenvalue weighted by Crippen LogP contribution is 2.43. The van der Waals surface area contributed by atoms with Crippen molar-refractivity contribution in [2.45, 2.75) is 20.3 Å². The maximum absolute atomic E-state index is 12.1. The number of carbonyl (C=O) groups excluding carboxylic acids is 2. The SMILES string of the molecule is COC(=O)Oc1c(C)nc(C)c(OC(=O)OCCC#N)c1-c1cccc([N+](=O)[O-])c1. The van der Waals surface area contributed by atoms with Gasteiger partial charge in [-0.3, -0.25) is 15.1 Å². The molecule has 30 heavy (non-hydrogen) atoms. The van der Waals surface area contributed by atoms with Crippen molar-refractivity contribution in [2.24, 2.45) is 0 Å². The molecule has 0 aliphatic carbocycles. The zero-order valence-corrected chi connectivity index (χ0v) is 16.3. The molecule has 1 aromatic carbocycles. The van der Waals surface area contributed by atoms with E-state index in [2.05, 4.69) is 9.72 Å². The van der Waals surface area contributed by atoms with Crippen LogP contribution in [0.5, 0.6) is 11.5 Å². The van der Waals surface area contributed by atoms with Crippen LogP contribution in [0.3, 0.4) is 0 Å². The van der Waals surface area contributed by atoms with E-state index >= 15 is 0 Å². The van der Waals surface area contributed by atoms with Gasteiger partial charge < -0.3 is 18.9 Å². The van der Waals surface area contributed by atoms with Crippen molar-refractivity contribution < 1.29 is 33.5 Å². The summed E-state index contributed by atoms with van der Waals surface area (Å²) in [5, 5.41) is 19.7. The molecule has 1 aromatic heterocycles. The number of carbonyl (C=O) groups is 2. The number of hydrogen-bond acceptors (Lipinski definition) is 10. The van der Waals surface area contributed by atoms with Crippen LogP contribution in [0.2, 0.25) is 0 Å². The summed E-state index contributed by atoms with van der Waals surface area (Å²) in [6.07, 6.45) is -2.21. The monoisotopic (exact) mass is 415 g/mol. The lowest BCUT2D eigenvalue weighted by atomic mass is 10.0. The molecule has 0 bridgehead atoms. The number of benzene rings is 1. The number of pyridine rings is 1. The predicted molar refractivity (Wildman–Crippen MR) is 101 cm³/mol. The van der Waals surface area contributed by atoms with Crippen LogP contribution in [0, 0.1) is 35.3 Å². The molecular weight excluding hydrogens is 398 g/mol. The van der Waals surface area contributed by atoms with E-state index in [1.165, 1.54) is 31.2 Å². The average molecular weight is 415 g/mol. The Labute approximate surface area is 170 Å². The lowest BCUT2D eigenvalue weighted by Crippen LogP contribution is -2.15. The van der Waals surface area contributed by atoms with Crippen LogP contribution in [0.4, 0.5) is 15.3 Å². The summed E-state index contributed by atoms with van der Waals surface area (Å²) < 4.78 is 19.8. The third kappa shape index (κ3) is 5.20. The summed E-state index contributed by atoms with van der Waals surface area (Å²) >= 11 is 0. The highest BCUT2D eigenvalue weighted by molar-refractivity contribution is 5.84. The molecule has 0 N–H and O–H groups in total. The van der Waals surface area contributed by atoms with Crippen LogP contribution < -0.4 is 9.47 Å². The third-order valence-corrected chi connectivity index (χ3v) is 3.76. The number of non-ortho nitro benzene ring substituents is 1. The van der Waals surface area contributed by atoms with Gasteiger partial charge in [0.05, 0.1) is 41.5 Å². The minimum Gasteiger partial charge on any atom is -0.437 e. The van der Waals surface area contributed by atoms with Gasteiger partial charge in [0.15, 0.2) is 11.5 Å². The molecule has 1 heterocycles. The maximum Gasteiger partial charge on any atom is 0.513 e. The zero-order valence-electron chi connectivity index (χ0n) is 16.3. The van der Waals surface area contributed by atoms with E-state index in [1.807, 2.05) is 6.07 Å². The summed E-state index contributed by atoms with van der Waals surface area (Å²) in [4.78, 5) is 38.6. The largest absolute Gasteiger partial charge is 0.513 e. The summed E-state index contributed by atoms with van der Waals surface area (Å²) in [5.74, 6) is -0.227. The Kier molecular flexibility index (Phi) is 7.24. The van der Waals surface area contributed by atoms with Gasteiger partial charge in [0.2, 0.25) is 0 Å². The van der Waals surface area contributed by atoms with E-state index in [1.54, 1.807) is 6.92 Å². The number of ether oxygens (including phenoxy) is 4. The number of methoxy groups -OCH3 is 1. The fraction of sp³-hybridized carbons (Fsp3) is 0.263. The molecule has 0 radical (unpaired) electrons. The van der Waals surface area contributed by atoms with Crippen LogP contribution in [0.15, 0.2) is 24.3 Å². The summed E-state index contributed by atoms with van der Waals surface area (Å²) in [6, 6.07) is 7.26. The first-order valence-corrected chi connectivity index (χ1v) is 8.51. The number of aromatic nitrogens is 1. The predicted octanol–water partition coefficient (Wildman–Crippen LogP) is 3.85. The molecule has 156 valence electrons. The number of nitrogens with zero attached hydrogens (tertiary/aromatic N) is 3. The highest BCUT2D eigenvalue weighted by Gasteiger charge is 2.26. The normalized spacial score (nSPS) is 9.93. The Morgan fingerprint density at radius 1 is 1.17 bits per heavy atom. The van der Waals surface area contributed by atoms with Crippen LogP contribution in [0.25, 0.3) is 11.1 Å². The highest BCUT2D eigenvalue weighted by atomic mass is 16.7. The Morgan fingerprint density at radius 3 is 2.37 bits per heavy atom. The molecule has 0 aliphatic rings. The minimum atomic E-state index is -1.12. The van der Waals surface area contributed by atoms with Gasteiger partial charge in [-0.05, 0) is 19.4 Å². The van der Waals surface area contributed by atoms with Crippen molar-refractivity contribution in [2.75, 3.05) is 13.7 Å². The molecule has 0 atom stereocenters. The number of nitro benzene ring substituents is 1. The Hall–Kier alpha value is -4.20. The molecule has 0 saturated carbocycles. The standard InChI is InChI=1S/C19H17N3O8/c1-11-16(29-18(23)27-3)15(13-6-4-7-14(10-13)22(25)26)17(12(2)21-11)30-19(24)28-9-5-8-20/h4,6-7,10H,5,9H2,1-3H3. The Bertz CT molecular complexity index is 1030. The smallest absolute Gasteiger partial charge is 0.437 e. The molecule has 2 aromatic rings.